The van der Waals surface area contributed by atoms with Gasteiger partial charge in [0.25, 0.3) is 0 Å². The fourth-order valence-electron chi connectivity index (χ4n) is 2.59. The lowest BCUT2D eigenvalue weighted by Gasteiger charge is -2.23. The van der Waals surface area contributed by atoms with E-state index in [9.17, 15) is 0 Å². The van der Waals surface area contributed by atoms with Crippen LogP contribution in [0.3, 0.4) is 0 Å². The molecule has 1 fully saturated rings. The third kappa shape index (κ3) is 4.49. The van der Waals surface area contributed by atoms with Crippen LogP contribution in [-0.2, 0) is 6.42 Å². The van der Waals surface area contributed by atoms with E-state index in [1.54, 1.807) is 11.3 Å². The van der Waals surface area contributed by atoms with Gasteiger partial charge in [-0.05, 0) is 26.7 Å². The molecule has 19 heavy (non-hydrogen) atoms. The van der Waals surface area contributed by atoms with Gasteiger partial charge in [-0.3, -0.25) is 4.99 Å². The molecule has 0 aliphatic heterocycles. The number of aromatic nitrogens is 1. The van der Waals surface area contributed by atoms with Crippen LogP contribution in [0.2, 0.25) is 0 Å². The highest BCUT2D eigenvalue weighted by Gasteiger charge is 2.13. The molecule has 1 aliphatic rings. The molecule has 1 aliphatic carbocycles. The zero-order valence-electron chi connectivity index (χ0n) is 11.9. The molecule has 0 bridgehead atoms. The zero-order chi connectivity index (χ0) is 13.7. The Morgan fingerprint density at radius 2 is 2.11 bits per heavy atom. The van der Waals surface area contributed by atoms with Crippen molar-refractivity contribution < 1.29 is 0 Å². The largest absolute Gasteiger partial charge is 0.370 e. The molecule has 0 aromatic carbocycles. The van der Waals surface area contributed by atoms with Gasteiger partial charge in [-0.2, -0.15) is 0 Å². The molecule has 0 atom stereocenters. The van der Waals surface area contributed by atoms with Crippen molar-refractivity contribution in [3.63, 3.8) is 0 Å². The standard InChI is InChI=1S/C14H24N4S/c1-10-13(19-11(2)17-10)8-9-16-14(15)18-12-6-4-3-5-7-12/h12H,3-9H2,1-2H3,(H3,15,16,18). The molecular weight excluding hydrogens is 256 g/mol. The Balaban J connectivity index is 1.76. The summed E-state index contributed by atoms with van der Waals surface area (Å²) in [6.45, 7) is 4.85. The summed E-state index contributed by atoms with van der Waals surface area (Å²) in [5, 5.41) is 4.47. The van der Waals surface area contributed by atoms with E-state index >= 15 is 0 Å². The van der Waals surface area contributed by atoms with E-state index in [-0.39, 0.29) is 0 Å². The van der Waals surface area contributed by atoms with Gasteiger partial charge >= 0.3 is 0 Å². The summed E-state index contributed by atoms with van der Waals surface area (Å²) in [6.07, 6.45) is 7.37. The molecule has 5 heteroatoms. The van der Waals surface area contributed by atoms with Crippen LogP contribution in [0.5, 0.6) is 0 Å². The van der Waals surface area contributed by atoms with Crippen molar-refractivity contribution in [2.24, 2.45) is 10.7 Å². The molecule has 0 saturated heterocycles. The average Bonchev–Trinajstić information content (AvgIpc) is 2.69. The van der Waals surface area contributed by atoms with Crippen LogP contribution in [0.4, 0.5) is 0 Å². The summed E-state index contributed by atoms with van der Waals surface area (Å²) in [4.78, 5) is 10.2. The number of rotatable bonds is 4. The summed E-state index contributed by atoms with van der Waals surface area (Å²) < 4.78 is 0. The molecule has 1 aromatic rings. The number of guanidine groups is 1. The first-order valence-electron chi connectivity index (χ1n) is 7.14. The SMILES string of the molecule is Cc1nc(C)c(CCN=C(N)NC2CCCCC2)s1. The fourth-order valence-corrected chi connectivity index (χ4v) is 3.51. The maximum atomic E-state index is 5.94. The lowest BCUT2D eigenvalue weighted by molar-refractivity contribution is 0.412. The highest BCUT2D eigenvalue weighted by molar-refractivity contribution is 7.11. The van der Waals surface area contributed by atoms with E-state index in [0.717, 1.165) is 23.7 Å². The van der Waals surface area contributed by atoms with Crippen LogP contribution >= 0.6 is 11.3 Å². The Morgan fingerprint density at radius 3 is 2.74 bits per heavy atom. The van der Waals surface area contributed by atoms with Crippen molar-refractivity contribution in [3.8, 4) is 0 Å². The van der Waals surface area contributed by atoms with E-state index in [4.69, 9.17) is 5.73 Å². The number of hydrogen-bond acceptors (Lipinski definition) is 3. The fraction of sp³-hybridized carbons (Fsp3) is 0.714. The summed E-state index contributed by atoms with van der Waals surface area (Å²) in [7, 11) is 0. The maximum Gasteiger partial charge on any atom is 0.188 e. The Labute approximate surface area is 119 Å². The first kappa shape index (κ1) is 14.3. The summed E-state index contributed by atoms with van der Waals surface area (Å²) in [6, 6.07) is 0.532. The first-order chi connectivity index (χ1) is 9.15. The molecular formula is C14H24N4S. The Bertz CT molecular complexity index is 433. The van der Waals surface area contributed by atoms with Crippen LogP contribution in [0, 0.1) is 13.8 Å². The van der Waals surface area contributed by atoms with E-state index in [1.165, 1.54) is 37.0 Å². The Hall–Kier alpha value is -1.10. The van der Waals surface area contributed by atoms with Crippen LogP contribution in [0.1, 0.15) is 47.7 Å². The van der Waals surface area contributed by atoms with Gasteiger partial charge in [0.1, 0.15) is 0 Å². The van der Waals surface area contributed by atoms with Crippen molar-refractivity contribution in [2.75, 3.05) is 6.54 Å². The van der Waals surface area contributed by atoms with Gasteiger partial charge in [0, 0.05) is 23.9 Å². The summed E-state index contributed by atoms with van der Waals surface area (Å²) in [5.41, 5.74) is 7.07. The third-order valence-corrected chi connectivity index (χ3v) is 4.71. The van der Waals surface area contributed by atoms with Gasteiger partial charge < -0.3 is 11.1 Å². The summed E-state index contributed by atoms with van der Waals surface area (Å²) >= 11 is 1.76. The molecule has 1 aromatic heterocycles. The van der Waals surface area contributed by atoms with Crippen LogP contribution in [-0.4, -0.2) is 23.5 Å². The lowest BCUT2D eigenvalue weighted by atomic mass is 9.96. The number of nitrogens with two attached hydrogens (primary N) is 1. The molecule has 1 saturated carbocycles. The number of nitrogens with one attached hydrogen (secondary N) is 1. The molecule has 0 radical (unpaired) electrons. The van der Waals surface area contributed by atoms with E-state index < -0.39 is 0 Å². The monoisotopic (exact) mass is 280 g/mol. The molecule has 0 spiro atoms. The highest BCUT2D eigenvalue weighted by atomic mass is 32.1. The topological polar surface area (TPSA) is 63.3 Å². The number of aliphatic imine (C=N–C) groups is 1. The van der Waals surface area contributed by atoms with Crippen LogP contribution in [0.15, 0.2) is 4.99 Å². The number of thiazole rings is 1. The highest BCUT2D eigenvalue weighted by Crippen LogP contribution is 2.18. The van der Waals surface area contributed by atoms with E-state index in [2.05, 4.69) is 22.2 Å². The van der Waals surface area contributed by atoms with Crippen molar-refractivity contribution in [2.45, 2.75) is 58.4 Å². The van der Waals surface area contributed by atoms with Crippen molar-refractivity contribution in [1.82, 2.24) is 10.3 Å². The molecule has 1 heterocycles. The lowest BCUT2D eigenvalue weighted by Crippen LogP contribution is -2.41. The smallest absolute Gasteiger partial charge is 0.188 e. The predicted molar refractivity (Wildman–Crippen MR) is 81.8 cm³/mol. The quantitative estimate of drug-likeness (QED) is 0.658. The Kier molecular flexibility index (Phi) is 5.19. The molecule has 2 rings (SSSR count). The minimum absolute atomic E-state index is 0.532. The zero-order valence-corrected chi connectivity index (χ0v) is 12.7. The van der Waals surface area contributed by atoms with Gasteiger partial charge in [0.2, 0.25) is 0 Å². The minimum Gasteiger partial charge on any atom is -0.370 e. The first-order valence-corrected chi connectivity index (χ1v) is 7.96. The number of hydrogen-bond donors (Lipinski definition) is 2. The van der Waals surface area contributed by atoms with Gasteiger partial charge in [-0.15, -0.1) is 11.3 Å². The van der Waals surface area contributed by atoms with Crippen molar-refractivity contribution >= 4 is 17.3 Å². The second-order valence-corrected chi connectivity index (χ2v) is 6.53. The van der Waals surface area contributed by atoms with Gasteiger partial charge in [0.05, 0.1) is 10.7 Å². The van der Waals surface area contributed by atoms with Gasteiger partial charge in [0.15, 0.2) is 5.96 Å². The molecule has 0 unspecified atom stereocenters. The molecule has 4 nitrogen and oxygen atoms in total. The minimum atomic E-state index is 0.532. The van der Waals surface area contributed by atoms with Crippen LogP contribution in [0.25, 0.3) is 0 Å². The van der Waals surface area contributed by atoms with E-state index in [1.807, 2.05) is 6.92 Å². The van der Waals surface area contributed by atoms with Crippen molar-refractivity contribution in [1.29, 1.82) is 0 Å². The second-order valence-electron chi connectivity index (χ2n) is 5.24. The second kappa shape index (κ2) is 6.89. The molecule has 3 N–H and O–H groups in total. The molecule has 0 amide bonds. The number of aryl methyl sites for hydroxylation is 2. The predicted octanol–water partition coefficient (Wildman–Crippen LogP) is 2.54. The van der Waals surface area contributed by atoms with Gasteiger partial charge in [-0.25, -0.2) is 4.98 Å². The van der Waals surface area contributed by atoms with Gasteiger partial charge in [-0.1, -0.05) is 19.3 Å². The Morgan fingerprint density at radius 1 is 1.37 bits per heavy atom. The third-order valence-electron chi connectivity index (χ3n) is 3.58. The van der Waals surface area contributed by atoms with Crippen molar-refractivity contribution in [3.05, 3.63) is 15.6 Å². The molecule has 106 valence electrons. The maximum absolute atomic E-state index is 5.94. The number of nitrogens with zero attached hydrogens (tertiary/aromatic N) is 2. The summed E-state index contributed by atoms with van der Waals surface area (Å²) in [5.74, 6) is 0.603. The van der Waals surface area contributed by atoms with E-state index in [0.29, 0.717) is 12.0 Å². The average molecular weight is 280 g/mol. The van der Waals surface area contributed by atoms with Crippen LogP contribution < -0.4 is 11.1 Å². The normalized spacial score (nSPS) is 17.7.